The Labute approximate surface area is 130 Å². The summed E-state index contributed by atoms with van der Waals surface area (Å²) in [5.74, 6) is 0.424. The van der Waals surface area contributed by atoms with E-state index in [1.165, 1.54) is 30.4 Å². The molecule has 1 N–H and O–H groups in total. The van der Waals surface area contributed by atoms with Crippen molar-refractivity contribution in [2.45, 2.75) is 44.9 Å². The summed E-state index contributed by atoms with van der Waals surface area (Å²) in [6.07, 6.45) is 7.73. The fourth-order valence-electron chi connectivity index (χ4n) is 2.85. The summed E-state index contributed by atoms with van der Waals surface area (Å²) in [6.45, 7) is 0.833. The number of hydrogen-bond acceptors (Lipinski definition) is 1. The highest BCUT2D eigenvalue weighted by Crippen LogP contribution is 2.25. The number of nitrogens with one attached hydrogen (secondary N) is 1. The standard InChI is InChI=1S/C17H24BrNO/c18-11-5-1-2-6-12-19-17(20)16-10-9-14-7-3-4-8-15(14)13-16/h3-4,7-8,16H,1-2,5-6,9-13H2,(H,19,20). The van der Waals surface area contributed by atoms with Crippen LogP contribution in [0.15, 0.2) is 24.3 Å². The lowest BCUT2D eigenvalue weighted by Crippen LogP contribution is -2.34. The Morgan fingerprint density at radius 2 is 1.90 bits per heavy atom. The number of benzene rings is 1. The van der Waals surface area contributed by atoms with Crippen LogP contribution >= 0.6 is 15.9 Å². The van der Waals surface area contributed by atoms with Crippen LogP contribution in [-0.4, -0.2) is 17.8 Å². The third-order valence-corrected chi connectivity index (χ3v) is 4.64. The lowest BCUT2D eigenvalue weighted by Gasteiger charge is -2.23. The van der Waals surface area contributed by atoms with Crippen molar-refractivity contribution in [3.8, 4) is 0 Å². The van der Waals surface area contributed by atoms with Gasteiger partial charge in [-0.1, -0.05) is 53.0 Å². The van der Waals surface area contributed by atoms with Gasteiger partial charge in [-0.3, -0.25) is 4.79 Å². The molecule has 0 aliphatic heterocycles. The molecule has 1 unspecified atom stereocenters. The summed E-state index contributed by atoms with van der Waals surface area (Å²) in [7, 11) is 0. The van der Waals surface area contributed by atoms with Crippen LogP contribution in [0, 0.1) is 5.92 Å². The second-order valence-corrected chi connectivity index (χ2v) is 6.40. The summed E-state index contributed by atoms with van der Waals surface area (Å²) in [6, 6.07) is 8.51. The summed E-state index contributed by atoms with van der Waals surface area (Å²) in [4.78, 5) is 12.2. The van der Waals surface area contributed by atoms with Gasteiger partial charge in [0.1, 0.15) is 0 Å². The van der Waals surface area contributed by atoms with Crippen molar-refractivity contribution in [3.63, 3.8) is 0 Å². The van der Waals surface area contributed by atoms with Gasteiger partial charge in [-0.2, -0.15) is 0 Å². The molecule has 1 amide bonds. The molecule has 0 saturated heterocycles. The number of amides is 1. The molecule has 0 radical (unpaired) electrons. The molecule has 0 fully saturated rings. The number of carbonyl (C=O) groups excluding carboxylic acids is 1. The number of halogens is 1. The van der Waals surface area contributed by atoms with Gasteiger partial charge in [0, 0.05) is 17.8 Å². The van der Waals surface area contributed by atoms with Crippen LogP contribution in [0.25, 0.3) is 0 Å². The fourth-order valence-corrected chi connectivity index (χ4v) is 3.25. The normalized spacial score (nSPS) is 17.6. The average Bonchev–Trinajstić information content (AvgIpc) is 2.50. The third kappa shape index (κ3) is 4.62. The van der Waals surface area contributed by atoms with Crippen molar-refractivity contribution in [2.75, 3.05) is 11.9 Å². The zero-order valence-electron chi connectivity index (χ0n) is 12.0. The molecule has 3 heteroatoms. The number of hydrogen-bond donors (Lipinski definition) is 1. The van der Waals surface area contributed by atoms with E-state index in [1.54, 1.807) is 0 Å². The van der Waals surface area contributed by atoms with E-state index in [0.29, 0.717) is 0 Å². The van der Waals surface area contributed by atoms with Gasteiger partial charge in [-0.05, 0) is 43.2 Å². The zero-order chi connectivity index (χ0) is 14.2. The van der Waals surface area contributed by atoms with Crippen molar-refractivity contribution in [1.29, 1.82) is 0 Å². The smallest absolute Gasteiger partial charge is 0.223 e. The Morgan fingerprint density at radius 3 is 2.70 bits per heavy atom. The van der Waals surface area contributed by atoms with Gasteiger partial charge >= 0.3 is 0 Å². The van der Waals surface area contributed by atoms with Crippen molar-refractivity contribution in [2.24, 2.45) is 5.92 Å². The number of carbonyl (C=O) groups is 1. The molecule has 0 spiro atoms. The molecular weight excluding hydrogens is 314 g/mol. The Balaban J connectivity index is 1.69. The Hall–Kier alpha value is -0.830. The number of fused-ring (bicyclic) bond motifs is 1. The van der Waals surface area contributed by atoms with Crippen molar-refractivity contribution >= 4 is 21.8 Å². The van der Waals surface area contributed by atoms with E-state index >= 15 is 0 Å². The minimum Gasteiger partial charge on any atom is -0.356 e. The van der Waals surface area contributed by atoms with Crippen molar-refractivity contribution in [1.82, 2.24) is 5.32 Å². The number of rotatable bonds is 7. The monoisotopic (exact) mass is 337 g/mol. The van der Waals surface area contributed by atoms with Crippen LogP contribution in [-0.2, 0) is 17.6 Å². The Kier molecular flexibility index (Phi) is 6.58. The highest BCUT2D eigenvalue weighted by Gasteiger charge is 2.23. The molecule has 20 heavy (non-hydrogen) atoms. The van der Waals surface area contributed by atoms with Crippen LogP contribution in [0.5, 0.6) is 0 Å². The first-order chi connectivity index (χ1) is 9.81. The summed E-state index contributed by atoms with van der Waals surface area (Å²) < 4.78 is 0. The number of alkyl halides is 1. The van der Waals surface area contributed by atoms with Gasteiger partial charge < -0.3 is 5.32 Å². The van der Waals surface area contributed by atoms with Gasteiger partial charge in [-0.25, -0.2) is 0 Å². The van der Waals surface area contributed by atoms with E-state index in [0.717, 1.165) is 37.6 Å². The first-order valence-electron chi connectivity index (χ1n) is 7.71. The number of aryl methyl sites for hydroxylation is 1. The fraction of sp³-hybridized carbons (Fsp3) is 0.588. The van der Waals surface area contributed by atoms with E-state index in [2.05, 4.69) is 45.5 Å². The van der Waals surface area contributed by atoms with Crippen LogP contribution in [0.1, 0.15) is 43.2 Å². The van der Waals surface area contributed by atoms with Gasteiger partial charge in [-0.15, -0.1) is 0 Å². The summed E-state index contributed by atoms with van der Waals surface area (Å²) in [5.41, 5.74) is 2.78. The van der Waals surface area contributed by atoms with E-state index in [9.17, 15) is 4.79 Å². The second-order valence-electron chi connectivity index (χ2n) is 5.60. The van der Waals surface area contributed by atoms with Crippen LogP contribution in [0.2, 0.25) is 0 Å². The molecule has 1 aliphatic carbocycles. The first kappa shape index (κ1) is 15.6. The molecule has 110 valence electrons. The maximum Gasteiger partial charge on any atom is 0.223 e. The third-order valence-electron chi connectivity index (χ3n) is 4.08. The average molecular weight is 338 g/mol. The summed E-state index contributed by atoms with van der Waals surface area (Å²) in [5, 5.41) is 4.19. The lowest BCUT2D eigenvalue weighted by atomic mass is 9.83. The van der Waals surface area contributed by atoms with Gasteiger partial charge in [0.15, 0.2) is 0 Å². The summed E-state index contributed by atoms with van der Waals surface area (Å²) >= 11 is 3.44. The molecule has 1 aromatic rings. The maximum atomic E-state index is 12.2. The molecule has 0 aromatic heterocycles. The van der Waals surface area contributed by atoms with E-state index in [-0.39, 0.29) is 11.8 Å². The largest absolute Gasteiger partial charge is 0.356 e. The molecule has 1 atom stereocenters. The lowest BCUT2D eigenvalue weighted by molar-refractivity contribution is -0.125. The molecule has 1 aromatic carbocycles. The van der Waals surface area contributed by atoms with E-state index < -0.39 is 0 Å². The van der Waals surface area contributed by atoms with Crippen molar-refractivity contribution < 1.29 is 4.79 Å². The van der Waals surface area contributed by atoms with E-state index in [1.807, 2.05) is 0 Å². The quantitative estimate of drug-likeness (QED) is 0.594. The van der Waals surface area contributed by atoms with Crippen LogP contribution in [0.3, 0.4) is 0 Å². The van der Waals surface area contributed by atoms with Gasteiger partial charge in [0.2, 0.25) is 5.91 Å². The zero-order valence-corrected chi connectivity index (χ0v) is 13.6. The van der Waals surface area contributed by atoms with Gasteiger partial charge in [0.25, 0.3) is 0 Å². The minimum absolute atomic E-state index is 0.174. The maximum absolute atomic E-state index is 12.2. The molecule has 1 aliphatic rings. The first-order valence-corrected chi connectivity index (χ1v) is 8.84. The second kappa shape index (κ2) is 8.46. The topological polar surface area (TPSA) is 29.1 Å². The highest BCUT2D eigenvalue weighted by molar-refractivity contribution is 9.09. The molecule has 0 saturated carbocycles. The molecule has 0 heterocycles. The van der Waals surface area contributed by atoms with Crippen LogP contribution in [0.4, 0.5) is 0 Å². The minimum atomic E-state index is 0.174. The molecular formula is C17H24BrNO. The van der Waals surface area contributed by atoms with Crippen LogP contribution < -0.4 is 5.32 Å². The molecule has 2 rings (SSSR count). The predicted octanol–water partition coefficient (Wildman–Crippen LogP) is 3.86. The van der Waals surface area contributed by atoms with Crippen molar-refractivity contribution in [3.05, 3.63) is 35.4 Å². The molecule has 2 nitrogen and oxygen atoms in total. The predicted molar refractivity (Wildman–Crippen MR) is 87.2 cm³/mol. The SMILES string of the molecule is O=C(NCCCCCCBr)C1CCc2ccccc2C1. The number of unbranched alkanes of at least 4 members (excludes halogenated alkanes) is 3. The van der Waals surface area contributed by atoms with E-state index in [4.69, 9.17) is 0 Å². The Morgan fingerprint density at radius 1 is 1.15 bits per heavy atom. The van der Waals surface area contributed by atoms with Gasteiger partial charge in [0.05, 0.1) is 0 Å². The Bertz CT molecular complexity index is 433. The molecule has 0 bridgehead atoms. The highest BCUT2D eigenvalue weighted by atomic mass is 79.9.